The Balaban J connectivity index is 1.41. The molecule has 0 unspecified atom stereocenters. The topological polar surface area (TPSA) is 35.5 Å². The van der Waals surface area contributed by atoms with Crippen LogP contribution in [0.1, 0.15) is 39.5 Å². The van der Waals surface area contributed by atoms with E-state index in [1.54, 1.807) is 0 Å². The highest BCUT2D eigenvalue weighted by Gasteiger charge is 2.53. The van der Waals surface area contributed by atoms with E-state index < -0.39 is 5.97 Å². The number of fused-ring (bicyclic) bond motifs is 2. The average molecular weight is 406 g/mol. The maximum Gasteiger partial charge on any atom is 0.344 e. The monoisotopic (exact) mass is 404 g/mol. The van der Waals surface area contributed by atoms with Crippen molar-refractivity contribution in [3.8, 4) is 5.75 Å². The van der Waals surface area contributed by atoms with Gasteiger partial charge in [-0.15, -0.1) is 0 Å². The number of esters is 1. The minimum atomic E-state index is -0.399. The number of hydrogen-bond acceptors (Lipinski definition) is 3. The summed E-state index contributed by atoms with van der Waals surface area (Å²) in [5.74, 6) is 2.25. The van der Waals surface area contributed by atoms with E-state index in [1.165, 1.54) is 31.4 Å². The van der Waals surface area contributed by atoms with Crippen LogP contribution in [0.25, 0.3) is 0 Å². The number of benzene rings is 1. The molecule has 138 valence electrons. The van der Waals surface area contributed by atoms with Gasteiger partial charge in [0.05, 0.1) is 21.7 Å². The Bertz CT molecular complexity index is 658. The molecule has 2 bridgehead atoms. The summed E-state index contributed by atoms with van der Waals surface area (Å²) >= 11 is 17.8. The molecule has 3 fully saturated rings. The summed E-state index contributed by atoms with van der Waals surface area (Å²) in [5, 5.41) is 0.981. The number of halogens is 3. The third-order valence-electron chi connectivity index (χ3n) is 6.07. The molecule has 3 atom stereocenters. The fourth-order valence-corrected chi connectivity index (χ4v) is 5.02. The van der Waals surface area contributed by atoms with E-state index >= 15 is 0 Å². The van der Waals surface area contributed by atoms with Gasteiger partial charge in [0, 0.05) is 6.07 Å². The smallest absolute Gasteiger partial charge is 0.344 e. The van der Waals surface area contributed by atoms with Crippen LogP contribution < -0.4 is 4.74 Å². The van der Waals surface area contributed by atoms with Crippen molar-refractivity contribution >= 4 is 40.8 Å². The summed E-state index contributed by atoms with van der Waals surface area (Å²) < 4.78 is 10.7. The van der Waals surface area contributed by atoms with Crippen molar-refractivity contribution in [2.45, 2.75) is 39.5 Å². The van der Waals surface area contributed by atoms with Gasteiger partial charge in [-0.05, 0) is 54.9 Å². The lowest BCUT2D eigenvalue weighted by atomic mass is 9.45. The lowest BCUT2D eigenvalue weighted by Crippen LogP contribution is -2.52. The van der Waals surface area contributed by atoms with Crippen molar-refractivity contribution in [1.82, 2.24) is 0 Å². The zero-order valence-electron chi connectivity index (χ0n) is 14.5. The van der Waals surface area contributed by atoms with Crippen molar-refractivity contribution in [1.29, 1.82) is 0 Å². The molecular formula is C19H23Cl3O3. The minimum absolute atomic E-state index is 0.195. The van der Waals surface area contributed by atoms with Gasteiger partial charge in [-0.25, -0.2) is 4.79 Å². The fourth-order valence-electron chi connectivity index (χ4n) is 4.43. The first-order valence-electron chi connectivity index (χ1n) is 8.72. The number of carbonyl (C=O) groups is 1. The molecule has 3 nitrogen and oxygen atoms in total. The number of rotatable bonds is 6. The van der Waals surface area contributed by atoms with Crippen LogP contribution in [-0.4, -0.2) is 19.2 Å². The van der Waals surface area contributed by atoms with Crippen LogP contribution >= 0.6 is 34.8 Å². The van der Waals surface area contributed by atoms with Crippen molar-refractivity contribution in [3.63, 3.8) is 0 Å². The predicted octanol–water partition coefficient (Wildman–Crippen LogP) is 6.03. The van der Waals surface area contributed by atoms with E-state index in [1.807, 2.05) is 0 Å². The van der Waals surface area contributed by atoms with Crippen molar-refractivity contribution in [3.05, 3.63) is 27.2 Å². The van der Waals surface area contributed by atoms with Crippen molar-refractivity contribution < 1.29 is 14.3 Å². The van der Waals surface area contributed by atoms with Gasteiger partial charge in [-0.2, -0.15) is 0 Å². The Hall–Kier alpha value is -0.640. The van der Waals surface area contributed by atoms with E-state index in [9.17, 15) is 4.79 Å². The SMILES string of the molecule is CC1(C)[C@H]2CC[C@H](CCOC(=O)COc3cc(Cl)c(Cl)cc3Cl)[C@@H]1C2. The molecule has 4 rings (SSSR count). The number of hydrogen-bond donors (Lipinski definition) is 0. The molecule has 0 N–H and O–H groups in total. The van der Waals surface area contributed by atoms with Crippen molar-refractivity contribution in [2.24, 2.45) is 23.2 Å². The first-order valence-corrected chi connectivity index (χ1v) is 9.85. The second-order valence-corrected chi connectivity index (χ2v) is 8.91. The summed E-state index contributed by atoms with van der Waals surface area (Å²) in [4.78, 5) is 11.9. The molecular weight excluding hydrogens is 383 g/mol. The zero-order chi connectivity index (χ0) is 18.2. The first kappa shape index (κ1) is 19.1. The maximum atomic E-state index is 11.9. The van der Waals surface area contributed by atoms with Crippen LogP contribution in [0.2, 0.25) is 15.1 Å². The highest BCUT2D eigenvalue weighted by molar-refractivity contribution is 6.43. The second-order valence-electron chi connectivity index (χ2n) is 7.69. The highest BCUT2D eigenvalue weighted by Crippen LogP contribution is 2.61. The Kier molecular flexibility index (Phi) is 5.77. The predicted molar refractivity (Wildman–Crippen MR) is 101 cm³/mol. The molecule has 0 aromatic heterocycles. The van der Waals surface area contributed by atoms with E-state index in [0.717, 1.165) is 18.3 Å². The van der Waals surface area contributed by atoms with Gasteiger partial charge in [-0.3, -0.25) is 0 Å². The molecule has 3 aliphatic rings. The maximum absolute atomic E-state index is 11.9. The zero-order valence-corrected chi connectivity index (χ0v) is 16.8. The van der Waals surface area contributed by atoms with Crippen LogP contribution in [0.15, 0.2) is 12.1 Å². The molecule has 3 aliphatic carbocycles. The Morgan fingerprint density at radius 3 is 2.56 bits per heavy atom. The molecule has 6 heteroatoms. The molecule has 1 aromatic rings. The second kappa shape index (κ2) is 7.54. The molecule has 3 saturated carbocycles. The minimum Gasteiger partial charge on any atom is -0.480 e. The van der Waals surface area contributed by atoms with E-state index in [4.69, 9.17) is 44.3 Å². The third kappa shape index (κ3) is 4.04. The van der Waals surface area contributed by atoms with Crippen LogP contribution in [0.3, 0.4) is 0 Å². The van der Waals surface area contributed by atoms with Crippen LogP contribution in [0.4, 0.5) is 0 Å². The molecule has 25 heavy (non-hydrogen) atoms. The van der Waals surface area contributed by atoms with Gasteiger partial charge < -0.3 is 9.47 Å². The largest absolute Gasteiger partial charge is 0.480 e. The summed E-state index contributed by atoms with van der Waals surface area (Å²) in [6, 6.07) is 2.99. The van der Waals surface area contributed by atoms with Crippen LogP contribution in [-0.2, 0) is 9.53 Å². The van der Waals surface area contributed by atoms with Gasteiger partial charge in [0.15, 0.2) is 6.61 Å². The lowest BCUT2D eigenvalue weighted by Gasteiger charge is -2.60. The fraction of sp³-hybridized carbons (Fsp3) is 0.632. The van der Waals surface area contributed by atoms with Gasteiger partial charge >= 0.3 is 5.97 Å². The third-order valence-corrected chi connectivity index (χ3v) is 7.09. The van der Waals surface area contributed by atoms with Crippen LogP contribution in [0.5, 0.6) is 5.75 Å². The normalized spacial score (nSPS) is 26.7. The van der Waals surface area contributed by atoms with Gasteiger partial charge in [0.2, 0.25) is 0 Å². The average Bonchev–Trinajstić information content (AvgIpc) is 2.57. The Morgan fingerprint density at radius 1 is 1.16 bits per heavy atom. The van der Waals surface area contributed by atoms with Crippen LogP contribution in [0, 0.1) is 23.2 Å². The summed E-state index contributed by atoms with van der Waals surface area (Å²) in [6.45, 7) is 5.00. The van der Waals surface area contributed by atoms with E-state index in [0.29, 0.717) is 38.8 Å². The van der Waals surface area contributed by atoms with Gasteiger partial charge in [0.1, 0.15) is 5.75 Å². The summed E-state index contributed by atoms with van der Waals surface area (Å²) in [7, 11) is 0. The molecule has 0 saturated heterocycles. The molecule has 0 amide bonds. The number of ether oxygens (including phenoxy) is 2. The van der Waals surface area contributed by atoms with Crippen molar-refractivity contribution in [2.75, 3.05) is 13.2 Å². The Morgan fingerprint density at radius 2 is 1.88 bits per heavy atom. The summed E-state index contributed by atoms with van der Waals surface area (Å²) in [5.41, 5.74) is 0.459. The van der Waals surface area contributed by atoms with Gasteiger partial charge in [0.25, 0.3) is 0 Å². The molecule has 1 aromatic carbocycles. The molecule has 0 spiro atoms. The van der Waals surface area contributed by atoms with E-state index in [-0.39, 0.29) is 6.61 Å². The van der Waals surface area contributed by atoms with Gasteiger partial charge in [-0.1, -0.05) is 48.7 Å². The number of carbonyl (C=O) groups excluding carboxylic acids is 1. The molecule has 0 heterocycles. The summed E-state index contributed by atoms with van der Waals surface area (Å²) in [6.07, 6.45) is 4.83. The highest BCUT2D eigenvalue weighted by atomic mass is 35.5. The quantitative estimate of drug-likeness (QED) is 0.428. The Labute approximate surface area is 163 Å². The van der Waals surface area contributed by atoms with E-state index in [2.05, 4.69) is 13.8 Å². The lowest BCUT2D eigenvalue weighted by molar-refractivity contribution is -0.148. The standard InChI is InChI=1S/C19H23Cl3O3/c1-19(2)12-4-3-11(13(19)7-12)5-6-24-18(23)10-25-17-9-15(21)14(20)8-16(17)22/h8-9,11-13H,3-7,10H2,1-2H3/t11-,12+,13+/m1/s1. The molecule has 0 aliphatic heterocycles. The molecule has 0 radical (unpaired) electrons. The first-order chi connectivity index (χ1) is 11.8.